The third-order valence-electron chi connectivity index (χ3n) is 3.19. The predicted octanol–water partition coefficient (Wildman–Crippen LogP) is 2.66. The Kier molecular flexibility index (Phi) is 6.02. The molecule has 0 aliphatic rings. The number of rotatable bonds is 7. The molecular weight excluding hydrogens is 295 g/mol. The Balaban J connectivity index is 1.88. The lowest BCUT2D eigenvalue weighted by Gasteiger charge is -2.09. The molecule has 0 saturated heterocycles. The molecule has 0 spiro atoms. The summed E-state index contributed by atoms with van der Waals surface area (Å²) in [4.78, 5) is 20.3. The molecule has 0 aliphatic carbocycles. The quantitative estimate of drug-likeness (QED) is 0.824. The Hall–Kier alpha value is -2.50. The van der Waals surface area contributed by atoms with Crippen molar-refractivity contribution in [2.45, 2.75) is 20.3 Å². The predicted molar refractivity (Wildman–Crippen MR) is 87.8 cm³/mol. The van der Waals surface area contributed by atoms with Crippen LogP contribution in [0.2, 0.25) is 0 Å². The molecule has 2 aromatic rings. The highest BCUT2D eigenvalue weighted by Crippen LogP contribution is 2.06. The van der Waals surface area contributed by atoms with Gasteiger partial charge in [-0.05, 0) is 30.0 Å². The van der Waals surface area contributed by atoms with Crippen molar-refractivity contribution in [1.82, 2.24) is 15.3 Å². The number of benzene rings is 1. The van der Waals surface area contributed by atoms with Gasteiger partial charge in [0.2, 0.25) is 5.95 Å². The Bertz CT molecular complexity index is 661. The largest absolute Gasteiger partial charge is 0.354 e. The Morgan fingerprint density at radius 2 is 2.04 bits per heavy atom. The van der Waals surface area contributed by atoms with Crippen molar-refractivity contribution in [2.75, 3.05) is 18.4 Å². The Labute approximate surface area is 135 Å². The molecule has 5 nitrogen and oxygen atoms in total. The fourth-order valence-electron chi connectivity index (χ4n) is 1.97. The SMILES string of the molecule is CC(C)CNc1nccc(C(=O)NCCc2ccccc2F)n1. The fourth-order valence-corrected chi connectivity index (χ4v) is 1.97. The molecular formula is C17H21FN4O. The van der Waals surface area contributed by atoms with Crippen LogP contribution < -0.4 is 10.6 Å². The van der Waals surface area contributed by atoms with Crippen molar-refractivity contribution >= 4 is 11.9 Å². The van der Waals surface area contributed by atoms with Crippen molar-refractivity contribution in [1.29, 1.82) is 0 Å². The van der Waals surface area contributed by atoms with Crippen LogP contribution in [0.1, 0.15) is 29.9 Å². The smallest absolute Gasteiger partial charge is 0.270 e. The van der Waals surface area contributed by atoms with E-state index in [1.54, 1.807) is 30.5 Å². The lowest BCUT2D eigenvalue weighted by atomic mass is 10.1. The van der Waals surface area contributed by atoms with E-state index in [0.29, 0.717) is 36.1 Å². The first-order chi connectivity index (χ1) is 11.1. The fraction of sp³-hybridized carbons (Fsp3) is 0.353. The van der Waals surface area contributed by atoms with Gasteiger partial charge in [0, 0.05) is 19.3 Å². The first-order valence-corrected chi connectivity index (χ1v) is 7.65. The molecule has 1 aromatic heterocycles. The van der Waals surface area contributed by atoms with Gasteiger partial charge in [0.05, 0.1) is 0 Å². The molecule has 0 bridgehead atoms. The number of hydrogen-bond donors (Lipinski definition) is 2. The minimum atomic E-state index is -0.295. The summed E-state index contributed by atoms with van der Waals surface area (Å²) < 4.78 is 13.5. The molecule has 122 valence electrons. The summed E-state index contributed by atoms with van der Waals surface area (Å²) in [6.07, 6.45) is 1.98. The first kappa shape index (κ1) is 16.9. The van der Waals surface area contributed by atoms with Gasteiger partial charge in [0.1, 0.15) is 11.5 Å². The molecule has 1 amide bonds. The molecule has 0 fully saturated rings. The highest BCUT2D eigenvalue weighted by Gasteiger charge is 2.09. The summed E-state index contributed by atoms with van der Waals surface area (Å²) in [5, 5.41) is 5.82. The number of carbonyl (C=O) groups excluding carboxylic acids is 1. The molecule has 2 N–H and O–H groups in total. The molecule has 23 heavy (non-hydrogen) atoms. The normalized spacial score (nSPS) is 10.6. The highest BCUT2D eigenvalue weighted by atomic mass is 19.1. The van der Waals surface area contributed by atoms with E-state index in [2.05, 4.69) is 34.4 Å². The summed E-state index contributed by atoms with van der Waals surface area (Å²) in [6, 6.07) is 8.09. The van der Waals surface area contributed by atoms with Gasteiger partial charge in [-0.1, -0.05) is 32.0 Å². The maximum absolute atomic E-state index is 13.5. The molecule has 0 unspecified atom stereocenters. The van der Waals surface area contributed by atoms with E-state index in [4.69, 9.17) is 0 Å². The number of amides is 1. The van der Waals surface area contributed by atoms with Gasteiger partial charge in [-0.3, -0.25) is 4.79 Å². The van der Waals surface area contributed by atoms with Gasteiger partial charge in [-0.2, -0.15) is 0 Å². The van der Waals surface area contributed by atoms with Crippen molar-refractivity contribution < 1.29 is 9.18 Å². The molecule has 0 aliphatic heterocycles. The van der Waals surface area contributed by atoms with Crippen LogP contribution in [-0.2, 0) is 6.42 Å². The summed E-state index contributed by atoms with van der Waals surface area (Å²) in [5.41, 5.74) is 0.870. The number of hydrogen-bond acceptors (Lipinski definition) is 4. The summed E-state index contributed by atoms with van der Waals surface area (Å²) in [5.74, 6) is 0.331. The van der Waals surface area contributed by atoms with Crippen LogP contribution in [-0.4, -0.2) is 29.0 Å². The number of nitrogens with one attached hydrogen (secondary N) is 2. The highest BCUT2D eigenvalue weighted by molar-refractivity contribution is 5.92. The van der Waals surface area contributed by atoms with Crippen LogP contribution in [0.25, 0.3) is 0 Å². The zero-order chi connectivity index (χ0) is 16.7. The maximum Gasteiger partial charge on any atom is 0.270 e. The van der Waals surface area contributed by atoms with E-state index in [-0.39, 0.29) is 11.7 Å². The second-order valence-corrected chi connectivity index (χ2v) is 5.64. The number of nitrogens with zero attached hydrogens (tertiary/aromatic N) is 2. The van der Waals surface area contributed by atoms with Gasteiger partial charge in [-0.25, -0.2) is 14.4 Å². The molecule has 1 heterocycles. The Morgan fingerprint density at radius 3 is 2.78 bits per heavy atom. The summed E-state index contributed by atoms with van der Waals surface area (Å²) in [6.45, 7) is 5.23. The molecule has 1 aromatic carbocycles. The molecule has 6 heteroatoms. The summed E-state index contributed by atoms with van der Waals surface area (Å²) in [7, 11) is 0. The second-order valence-electron chi connectivity index (χ2n) is 5.64. The van der Waals surface area contributed by atoms with Crippen LogP contribution in [0, 0.1) is 11.7 Å². The van der Waals surface area contributed by atoms with Crippen LogP contribution >= 0.6 is 0 Å². The van der Waals surface area contributed by atoms with E-state index < -0.39 is 0 Å². The van der Waals surface area contributed by atoms with Gasteiger partial charge >= 0.3 is 0 Å². The van der Waals surface area contributed by atoms with Gasteiger partial charge in [0.15, 0.2) is 0 Å². The van der Waals surface area contributed by atoms with Crippen LogP contribution in [0.15, 0.2) is 36.5 Å². The molecule has 0 radical (unpaired) electrons. The number of halogens is 1. The third kappa shape index (κ3) is 5.32. The number of carbonyl (C=O) groups is 1. The monoisotopic (exact) mass is 316 g/mol. The Morgan fingerprint density at radius 1 is 1.26 bits per heavy atom. The van der Waals surface area contributed by atoms with Crippen LogP contribution in [0.4, 0.5) is 10.3 Å². The first-order valence-electron chi connectivity index (χ1n) is 7.65. The number of anilines is 1. The molecule has 0 saturated carbocycles. The zero-order valence-electron chi connectivity index (χ0n) is 13.3. The van der Waals surface area contributed by atoms with E-state index in [1.807, 2.05) is 0 Å². The maximum atomic E-state index is 13.5. The topological polar surface area (TPSA) is 66.9 Å². The van der Waals surface area contributed by atoms with Gasteiger partial charge in [0.25, 0.3) is 5.91 Å². The van der Waals surface area contributed by atoms with E-state index >= 15 is 0 Å². The molecule has 0 atom stereocenters. The van der Waals surface area contributed by atoms with Crippen molar-refractivity contribution in [3.05, 3.63) is 53.6 Å². The summed E-state index contributed by atoms with van der Waals surface area (Å²) >= 11 is 0. The minimum Gasteiger partial charge on any atom is -0.354 e. The van der Waals surface area contributed by atoms with Gasteiger partial charge in [-0.15, -0.1) is 0 Å². The van der Waals surface area contributed by atoms with Crippen molar-refractivity contribution in [3.8, 4) is 0 Å². The van der Waals surface area contributed by atoms with Crippen LogP contribution in [0.5, 0.6) is 0 Å². The van der Waals surface area contributed by atoms with E-state index in [1.165, 1.54) is 6.07 Å². The van der Waals surface area contributed by atoms with Crippen LogP contribution in [0.3, 0.4) is 0 Å². The molecule has 2 rings (SSSR count). The second kappa shape index (κ2) is 8.22. The average Bonchev–Trinajstić information content (AvgIpc) is 2.55. The average molecular weight is 316 g/mol. The van der Waals surface area contributed by atoms with Gasteiger partial charge < -0.3 is 10.6 Å². The van der Waals surface area contributed by atoms with Crippen molar-refractivity contribution in [3.63, 3.8) is 0 Å². The zero-order valence-corrected chi connectivity index (χ0v) is 13.3. The van der Waals surface area contributed by atoms with Crippen molar-refractivity contribution in [2.24, 2.45) is 5.92 Å². The lowest BCUT2D eigenvalue weighted by molar-refractivity contribution is 0.0949. The standard InChI is InChI=1S/C17H21FN4O/c1-12(2)11-21-17-20-10-8-15(22-17)16(23)19-9-7-13-5-3-4-6-14(13)18/h3-6,8,10,12H,7,9,11H2,1-2H3,(H,19,23)(H,20,21,22). The minimum absolute atomic E-state index is 0.260. The van der Waals surface area contributed by atoms with E-state index in [9.17, 15) is 9.18 Å². The van der Waals surface area contributed by atoms with E-state index in [0.717, 1.165) is 6.54 Å². The third-order valence-corrected chi connectivity index (χ3v) is 3.19. The number of aromatic nitrogens is 2. The lowest BCUT2D eigenvalue weighted by Crippen LogP contribution is -2.27.